The van der Waals surface area contributed by atoms with E-state index in [1.165, 1.54) is 0 Å². The number of aromatic nitrogens is 1. The number of rotatable bonds is 4. The van der Waals surface area contributed by atoms with E-state index in [-0.39, 0.29) is 23.9 Å². The molecule has 6 nitrogen and oxygen atoms in total. The highest BCUT2D eigenvalue weighted by Crippen LogP contribution is 2.31. The van der Waals surface area contributed by atoms with E-state index in [1.807, 2.05) is 54.6 Å². The molecule has 3 heterocycles. The fourth-order valence-corrected chi connectivity index (χ4v) is 3.73. The molecule has 1 N–H and O–H groups in total. The topological polar surface area (TPSA) is 67.5 Å². The molecule has 0 bridgehead atoms. The van der Waals surface area contributed by atoms with Crippen molar-refractivity contribution < 1.29 is 14.0 Å². The van der Waals surface area contributed by atoms with Crippen molar-refractivity contribution in [2.24, 2.45) is 7.05 Å². The first-order valence-corrected chi connectivity index (χ1v) is 9.18. The van der Waals surface area contributed by atoms with Crippen LogP contribution in [0.25, 0.3) is 0 Å². The smallest absolute Gasteiger partial charge is 0.268 e. The number of carbonyl (C=O) groups is 2. The molecule has 6 heteroatoms. The number of hydrogen-bond acceptors (Lipinski definition) is 3. The maximum absolute atomic E-state index is 12.7. The highest BCUT2D eigenvalue weighted by atomic mass is 16.3. The molecular formula is C20H27N3O3. The van der Waals surface area contributed by atoms with Gasteiger partial charge in [-0.25, -0.2) is 0 Å². The summed E-state index contributed by atoms with van der Waals surface area (Å²) in [5.74, 6) is 1.50. The Morgan fingerprint density at radius 2 is 2.00 bits per heavy atom. The Bertz CT molecular complexity index is 805. The number of piperidine rings is 1. The van der Waals surface area contributed by atoms with Gasteiger partial charge >= 0.3 is 0 Å². The molecule has 140 valence electrons. The van der Waals surface area contributed by atoms with Gasteiger partial charge in [-0.1, -0.05) is 0 Å². The van der Waals surface area contributed by atoms with Crippen molar-refractivity contribution in [3.8, 4) is 0 Å². The fourth-order valence-electron chi connectivity index (χ4n) is 3.73. The van der Waals surface area contributed by atoms with E-state index >= 15 is 0 Å². The second-order valence-electron chi connectivity index (χ2n) is 7.07. The molecule has 0 saturated carbocycles. The lowest BCUT2D eigenvalue weighted by Gasteiger charge is -2.35. The van der Waals surface area contributed by atoms with Crippen LogP contribution < -0.4 is 5.32 Å². The second-order valence-corrected chi connectivity index (χ2v) is 7.07. The molecule has 0 spiro atoms. The van der Waals surface area contributed by atoms with Gasteiger partial charge < -0.3 is 19.2 Å². The predicted octanol–water partition coefficient (Wildman–Crippen LogP) is 3.49. The van der Waals surface area contributed by atoms with E-state index in [4.69, 9.17) is 4.42 Å². The zero-order chi connectivity index (χ0) is 18.8. The summed E-state index contributed by atoms with van der Waals surface area (Å²) in [6, 6.07) is 7.39. The van der Waals surface area contributed by atoms with Crippen LogP contribution in [0.1, 0.15) is 72.9 Å². The number of aryl methyl sites for hydroxylation is 1. The lowest BCUT2D eigenvalue weighted by molar-refractivity contribution is -0.132. The number of hydrogen-bond donors (Lipinski definition) is 1. The fraction of sp³-hybridized carbons (Fsp3) is 0.500. The number of amides is 2. The molecule has 0 aromatic carbocycles. The molecule has 0 unspecified atom stereocenters. The minimum atomic E-state index is -0.210. The summed E-state index contributed by atoms with van der Waals surface area (Å²) in [4.78, 5) is 26.6. The molecule has 1 aliphatic rings. The van der Waals surface area contributed by atoms with E-state index in [2.05, 4.69) is 5.32 Å². The summed E-state index contributed by atoms with van der Waals surface area (Å²) in [5, 5.41) is 2.98. The van der Waals surface area contributed by atoms with Gasteiger partial charge in [0.1, 0.15) is 17.2 Å². The summed E-state index contributed by atoms with van der Waals surface area (Å²) in [6.07, 6.45) is 3.06. The van der Waals surface area contributed by atoms with Crippen LogP contribution in [0.2, 0.25) is 0 Å². The van der Waals surface area contributed by atoms with Crippen LogP contribution in [-0.4, -0.2) is 27.8 Å². The van der Waals surface area contributed by atoms with Crippen molar-refractivity contribution in [3.63, 3.8) is 0 Å². The first-order valence-electron chi connectivity index (χ1n) is 9.18. The first-order chi connectivity index (χ1) is 12.4. The van der Waals surface area contributed by atoms with Crippen LogP contribution in [0.15, 0.2) is 28.7 Å². The van der Waals surface area contributed by atoms with E-state index in [0.29, 0.717) is 5.69 Å². The third kappa shape index (κ3) is 3.54. The molecule has 1 aliphatic heterocycles. The normalized spacial score (nSPS) is 18.6. The van der Waals surface area contributed by atoms with Crippen LogP contribution in [-0.2, 0) is 11.8 Å². The van der Waals surface area contributed by atoms with Gasteiger partial charge in [-0.05, 0) is 57.4 Å². The highest BCUT2D eigenvalue weighted by Gasteiger charge is 2.29. The Kier molecular flexibility index (Phi) is 5.20. The lowest BCUT2D eigenvalue weighted by Crippen LogP contribution is -2.38. The van der Waals surface area contributed by atoms with Gasteiger partial charge in [-0.15, -0.1) is 0 Å². The Hall–Kier alpha value is -2.50. The molecule has 2 aromatic rings. The Morgan fingerprint density at radius 3 is 2.65 bits per heavy atom. The SMILES string of the molecule is CC(=O)N1CCCC[C@H]1c1ccc(C(=O)N[C@@H](C)c2ccc(C)o2)n1C. The van der Waals surface area contributed by atoms with Gasteiger partial charge in [0, 0.05) is 26.2 Å². The number of nitrogens with one attached hydrogen (secondary N) is 1. The molecular weight excluding hydrogens is 330 g/mol. The number of nitrogens with zero attached hydrogens (tertiary/aromatic N) is 2. The third-order valence-corrected chi connectivity index (χ3v) is 5.18. The van der Waals surface area contributed by atoms with Crippen LogP contribution in [0.4, 0.5) is 0 Å². The number of carbonyl (C=O) groups excluding carboxylic acids is 2. The van der Waals surface area contributed by atoms with Crippen molar-refractivity contribution in [1.82, 2.24) is 14.8 Å². The standard InChI is InChI=1S/C20H27N3O3/c1-13-8-11-19(26-13)14(2)21-20(25)18-10-9-16(22(18)4)17-7-5-6-12-23(17)15(3)24/h8-11,14,17H,5-7,12H2,1-4H3,(H,21,25)/t14-,17-/m0/s1. The molecule has 2 atom stereocenters. The monoisotopic (exact) mass is 357 g/mol. The minimum Gasteiger partial charge on any atom is -0.464 e. The summed E-state index contributed by atoms with van der Waals surface area (Å²) >= 11 is 0. The maximum atomic E-state index is 12.7. The van der Waals surface area contributed by atoms with Gasteiger partial charge in [0.15, 0.2) is 0 Å². The van der Waals surface area contributed by atoms with Crippen LogP contribution >= 0.6 is 0 Å². The van der Waals surface area contributed by atoms with E-state index < -0.39 is 0 Å². The lowest BCUT2D eigenvalue weighted by atomic mass is 9.99. The Labute approximate surface area is 154 Å². The van der Waals surface area contributed by atoms with Gasteiger partial charge in [-0.2, -0.15) is 0 Å². The molecule has 0 aliphatic carbocycles. The quantitative estimate of drug-likeness (QED) is 0.911. The summed E-state index contributed by atoms with van der Waals surface area (Å²) < 4.78 is 7.49. The zero-order valence-corrected chi connectivity index (χ0v) is 15.9. The summed E-state index contributed by atoms with van der Waals surface area (Å²) in [7, 11) is 1.89. The number of likely N-dealkylation sites (tertiary alicyclic amines) is 1. The Morgan fingerprint density at radius 1 is 1.23 bits per heavy atom. The molecule has 2 amide bonds. The molecule has 26 heavy (non-hydrogen) atoms. The molecule has 1 fully saturated rings. The second kappa shape index (κ2) is 7.40. The molecule has 3 rings (SSSR count). The van der Waals surface area contributed by atoms with Gasteiger partial charge in [0.05, 0.1) is 12.1 Å². The van der Waals surface area contributed by atoms with Crippen LogP contribution in [0.5, 0.6) is 0 Å². The van der Waals surface area contributed by atoms with Gasteiger partial charge in [0.2, 0.25) is 5.91 Å². The Balaban J connectivity index is 1.77. The molecule has 0 radical (unpaired) electrons. The van der Waals surface area contributed by atoms with E-state index in [0.717, 1.165) is 43.0 Å². The average molecular weight is 357 g/mol. The van der Waals surface area contributed by atoms with Gasteiger partial charge in [0.25, 0.3) is 5.91 Å². The van der Waals surface area contributed by atoms with E-state index in [9.17, 15) is 9.59 Å². The summed E-state index contributed by atoms with van der Waals surface area (Å²) in [5.41, 5.74) is 1.59. The van der Waals surface area contributed by atoms with Crippen LogP contribution in [0.3, 0.4) is 0 Å². The first kappa shape index (κ1) is 18.3. The van der Waals surface area contributed by atoms with Crippen molar-refractivity contribution in [2.45, 2.75) is 52.1 Å². The van der Waals surface area contributed by atoms with E-state index in [1.54, 1.807) is 6.92 Å². The minimum absolute atomic E-state index is 0.0398. The van der Waals surface area contributed by atoms with Gasteiger partial charge in [-0.3, -0.25) is 9.59 Å². The largest absolute Gasteiger partial charge is 0.464 e. The summed E-state index contributed by atoms with van der Waals surface area (Å²) in [6.45, 7) is 6.18. The van der Waals surface area contributed by atoms with Crippen molar-refractivity contribution in [3.05, 3.63) is 47.2 Å². The predicted molar refractivity (Wildman–Crippen MR) is 98.7 cm³/mol. The average Bonchev–Trinajstić information content (AvgIpc) is 3.20. The highest BCUT2D eigenvalue weighted by molar-refractivity contribution is 5.93. The van der Waals surface area contributed by atoms with Crippen molar-refractivity contribution in [1.29, 1.82) is 0 Å². The number of furan rings is 1. The molecule has 2 aromatic heterocycles. The third-order valence-electron chi connectivity index (χ3n) is 5.18. The van der Waals surface area contributed by atoms with Crippen molar-refractivity contribution in [2.75, 3.05) is 6.54 Å². The van der Waals surface area contributed by atoms with Crippen LogP contribution in [0, 0.1) is 6.92 Å². The molecule has 1 saturated heterocycles. The zero-order valence-electron chi connectivity index (χ0n) is 15.9. The van der Waals surface area contributed by atoms with Crippen molar-refractivity contribution >= 4 is 11.8 Å². The maximum Gasteiger partial charge on any atom is 0.268 e.